The third kappa shape index (κ3) is 3.90. The second-order valence-electron chi connectivity index (χ2n) is 4.93. The lowest BCUT2D eigenvalue weighted by molar-refractivity contribution is -0.128. The largest absolute Gasteiger partial charge is 0.478 e. The molecule has 2 N–H and O–H groups in total. The number of hydrogen-bond donors (Lipinski definition) is 2. The molecule has 0 radical (unpaired) electrons. The second kappa shape index (κ2) is 4.99. The topological polar surface area (TPSA) is 66.4 Å². The minimum atomic E-state index is -0.949. The van der Waals surface area contributed by atoms with Crippen LogP contribution < -0.4 is 5.32 Å². The van der Waals surface area contributed by atoms with Crippen molar-refractivity contribution in [1.29, 1.82) is 0 Å². The van der Waals surface area contributed by atoms with E-state index in [9.17, 15) is 9.59 Å². The summed E-state index contributed by atoms with van der Waals surface area (Å²) in [5.74, 6) is -0.977. The van der Waals surface area contributed by atoms with Crippen LogP contribution in [0.15, 0.2) is 24.3 Å². The lowest BCUT2D eigenvalue weighted by Crippen LogP contribution is -2.34. The summed E-state index contributed by atoms with van der Waals surface area (Å²) < 4.78 is 0. The first-order chi connectivity index (χ1) is 7.80. The predicted octanol–water partition coefficient (Wildman–Crippen LogP) is 2.05. The van der Waals surface area contributed by atoms with Crippen LogP contribution >= 0.6 is 0 Å². The number of rotatable bonds is 3. The number of carbonyl (C=O) groups is 2. The molecule has 0 heterocycles. The number of amides is 1. The monoisotopic (exact) mass is 235 g/mol. The van der Waals surface area contributed by atoms with Crippen molar-refractivity contribution in [3.05, 3.63) is 35.4 Å². The fourth-order valence-corrected chi connectivity index (χ4v) is 1.21. The third-order valence-electron chi connectivity index (χ3n) is 2.34. The zero-order valence-electron chi connectivity index (χ0n) is 10.3. The highest BCUT2D eigenvalue weighted by molar-refractivity contribution is 5.87. The van der Waals surface area contributed by atoms with Gasteiger partial charge in [0.2, 0.25) is 5.91 Å². The number of benzene rings is 1. The lowest BCUT2D eigenvalue weighted by atomic mass is 9.95. The van der Waals surface area contributed by atoms with Crippen molar-refractivity contribution in [2.45, 2.75) is 27.3 Å². The summed E-state index contributed by atoms with van der Waals surface area (Å²) in [6, 6.07) is 6.46. The van der Waals surface area contributed by atoms with Crippen LogP contribution in [0.25, 0.3) is 0 Å². The highest BCUT2D eigenvalue weighted by atomic mass is 16.4. The first kappa shape index (κ1) is 13.2. The number of aromatic carboxylic acids is 1. The molecular formula is C13H17NO3. The van der Waals surface area contributed by atoms with Gasteiger partial charge in [-0.25, -0.2) is 4.79 Å². The minimum Gasteiger partial charge on any atom is -0.478 e. The Labute approximate surface area is 101 Å². The average Bonchev–Trinajstić information content (AvgIpc) is 2.25. The molecule has 0 fully saturated rings. The molecule has 0 aliphatic carbocycles. The summed E-state index contributed by atoms with van der Waals surface area (Å²) >= 11 is 0. The van der Waals surface area contributed by atoms with Crippen LogP contribution in [0.2, 0.25) is 0 Å². The maximum Gasteiger partial charge on any atom is 0.335 e. The van der Waals surface area contributed by atoms with Crippen LogP contribution in [0.5, 0.6) is 0 Å². The van der Waals surface area contributed by atoms with Gasteiger partial charge in [0.1, 0.15) is 0 Å². The van der Waals surface area contributed by atoms with Crippen LogP contribution in [0, 0.1) is 5.41 Å². The molecule has 0 aliphatic heterocycles. The van der Waals surface area contributed by atoms with Crippen LogP contribution in [0.3, 0.4) is 0 Å². The Morgan fingerprint density at radius 3 is 2.12 bits per heavy atom. The van der Waals surface area contributed by atoms with Crippen LogP contribution in [-0.4, -0.2) is 17.0 Å². The molecule has 1 aromatic rings. The van der Waals surface area contributed by atoms with Gasteiger partial charge in [0.05, 0.1) is 5.56 Å². The van der Waals surface area contributed by atoms with E-state index in [1.807, 2.05) is 20.8 Å². The molecular weight excluding hydrogens is 218 g/mol. The molecule has 1 aromatic carbocycles. The maximum absolute atomic E-state index is 11.6. The Morgan fingerprint density at radius 1 is 1.18 bits per heavy atom. The van der Waals surface area contributed by atoms with Crippen molar-refractivity contribution in [2.75, 3.05) is 0 Å². The van der Waals surface area contributed by atoms with E-state index in [1.165, 1.54) is 12.1 Å². The predicted molar refractivity (Wildman–Crippen MR) is 64.7 cm³/mol. The Kier molecular flexibility index (Phi) is 3.89. The second-order valence-corrected chi connectivity index (χ2v) is 4.93. The molecule has 17 heavy (non-hydrogen) atoms. The number of nitrogens with one attached hydrogen (secondary N) is 1. The molecule has 0 unspecified atom stereocenters. The molecule has 0 aromatic heterocycles. The quantitative estimate of drug-likeness (QED) is 0.842. The van der Waals surface area contributed by atoms with E-state index in [4.69, 9.17) is 5.11 Å². The highest BCUT2D eigenvalue weighted by Gasteiger charge is 2.20. The fourth-order valence-electron chi connectivity index (χ4n) is 1.21. The summed E-state index contributed by atoms with van der Waals surface area (Å²) in [7, 11) is 0. The molecule has 0 spiro atoms. The molecule has 92 valence electrons. The number of carboxylic acids is 1. The fraction of sp³-hybridized carbons (Fsp3) is 0.385. The van der Waals surface area contributed by atoms with Crippen molar-refractivity contribution in [3.63, 3.8) is 0 Å². The van der Waals surface area contributed by atoms with Crippen molar-refractivity contribution >= 4 is 11.9 Å². The average molecular weight is 235 g/mol. The number of carboxylic acid groups (broad SMARTS) is 1. The first-order valence-corrected chi connectivity index (χ1v) is 5.41. The van der Waals surface area contributed by atoms with Crippen molar-refractivity contribution in [3.8, 4) is 0 Å². The SMILES string of the molecule is CC(C)(C)C(=O)NCc1ccc(C(=O)O)cc1. The van der Waals surface area contributed by atoms with E-state index in [0.717, 1.165) is 5.56 Å². The van der Waals surface area contributed by atoms with Gasteiger partial charge >= 0.3 is 5.97 Å². The van der Waals surface area contributed by atoms with Crippen molar-refractivity contribution in [1.82, 2.24) is 5.32 Å². The van der Waals surface area contributed by atoms with Crippen molar-refractivity contribution < 1.29 is 14.7 Å². The van der Waals surface area contributed by atoms with E-state index >= 15 is 0 Å². The molecule has 1 amide bonds. The molecule has 4 heteroatoms. The molecule has 0 atom stereocenters. The highest BCUT2D eigenvalue weighted by Crippen LogP contribution is 2.13. The maximum atomic E-state index is 11.6. The van der Waals surface area contributed by atoms with Gasteiger partial charge in [-0.05, 0) is 17.7 Å². The molecule has 0 saturated heterocycles. The zero-order valence-corrected chi connectivity index (χ0v) is 10.3. The number of hydrogen-bond acceptors (Lipinski definition) is 2. The van der Waals surface area contributed by atoms with Gasteiger partial charge in [-0.15, -0.1) is 0 Å². The van der Waals surface area contributed by atoms with Gasteiger partial charge in [0, 0.05) is 12.0 Å². The molecule has 0 bridgehead atoms. The summed E-state index contributed by atoms with van der Waals surface area (Å²) in [6.07, 6.45) is 0. The van der Waals surface area contributed by atoms with Crippen LogP contribution in [-0.2, 0) is 11.3 Å². The van der Waals surface area contributed by atoms with E-state index in [1.54, 1.807) is 12.1 Å². The summed E-state index contributed by atoms with van der Waals surface area (Å²) in [5, 5.41) is 11.5. The van der Waals surface area contributed by atoms with E-state index in [-0.39, 0.29) is 11.5 Å². The number of carbonyl (C=O) groups excluding carboxylic acids is 1. The Balaban J connectivity index is 2.59. The van der Waals surface area contributed by atoms with Gasteiger partial charge in [-0.1, -0.05) is 32.9 Å². The molecule has 0 saturated carbocycles. The zero-order chi connectivity index (χ0) is 13.1. The normalized spacial score (nSPS) is 11.0. The van der Waals surface area contributed by atoms with E-state index < -0.39 is 11.4 Å². The van der Waals surface area contributed by atoms with Gasteiger partial charge in [-0.2, -0.15) is 0 Å². The molecule has 0 aliphatic rings. The minimum absolute atomic E-state index is 0.0280. The van der Waals surface area contributed by atoms with Crippen LogP contribution in [0.4, 0.5) is 0 Å². The Hall–Kier alpha value is -1.84. The van der Waals surface area contributed by atoms with E-state index in [0.29, 0.717) is 6.54 Å². The summed E-state index contributed by atoms with van der Waals surface area (Å²) in [6.45, 7) is 5.94. The van der Waals surface area contributed by atoms with Crippen LogP contribution in [0.1, 0.15) is 36.7 Å². The van der Waals surface area contributed by atoms with Gasteiger partial charge in [0.25, 0.3) is 0 Å². The third-order valence-corrected chi connectivity index (χ3v) is 2.34. The lowest BCUT2D eigenvalue weighted by Gasteiger charge is -2.17. The van der Waals surface area contributed by atoms with E-state index in [2.05, 4.69) is 5.32 Å². The Morgan fingerprint density at radius 2 is 1.71 bits per heavy atom. The summed E-state index contributed by atoms with van der Waals surface area (Å²) in [5.41, 5.74) is 0.713. The van der Waals surface area contributed by atoms with Crippen molar-refractivity contribution in [2.24, 2.45) is 5.41 Å². The van der Waals surface area contributed by atoms with Gasteiger partial charge in [0.15, 0.2) is 0 Å². The smallest absolute Gasteiger partial charge is 0.335 e. The molecule has 1 rings (SSSR count). The Bertz CT molecular complexity index is 415. The summed E-state index contributed by atoms with van der Waals surface area (Å²) in [4.78, 5) is 22.2. The first-order valence-electron chi connectivity index (χ1n) is 5.41. The molecule has 4 nitrogen and oxygen atoms in total. The van der Waals surface area contributed by atoms with Gasteiger partial charge in [-0.3, -0.25) is 4.79 Å². The standard InChI is InChI=1S/C13H17NO3/c1-13(2,3)12(17)14-8-9-4-6-10(7-5-9)11(15)16/h4-7H,8H2,1-3H3,(H,14,17)(H,15,16). The van der Waals surface area contributed by atoms with Gasteiger partial charge < -0.3 is 10.4 Å².